The molecular weight excluding hydrogens is 162 g/mol. The van der Waals surface area contributed by atoms with Crippen molar-refractivity contribution >= 4 is 5.78 Å². The number of hydrogen-bond donors (Lipinski definition) is 1. The second-order valence-electron chi connectivity index (χ2n) is 3.40. The molecule has 2 nitrogen and oxygen atoms in total. The highest BCUT2D eigenvalue weighted by atomic mass is 16.1. The lowest BCUT2D eigenvalue weighted by Gasteiger charge is -2.09. The Hall–Kier alpha value is -1.15. The summed E-state index contributed by atoms with van der Waals surface area (Å²) < 4.78 is 0. The van der Waals surface area contributed by atoms with E-state index in [2.05, 4.69) is 0 Å². The van der Waals surface area contributed by atoms with Crippen molar-refractivity contribution in [3.8, 4) is 0 Å². The normalized spacial score (nSPS) is 12.6. The molecule has 2 N–H and O–H groups in total. The van der Waals surface area contributed by atoms with Gasteiger partial charge in [-0.05, 0) is 31.9 Å². The highest BCUT2D eigenvalue weighted by molar-refractivity contribution is 6.01. The van der Waals surface area contributed by atoms with E-state index >= 15 is 0 Å². The van der Waals surface area contributed by atoms with E-state index in [0.717, 1.165) is 16.7 Å². The zero-order valence-corrected chi connectivity index (χ0v) is 8.29. The van der Waals surface area contributed by atoms with Gasteiger partial charge < -0.3 is 5.73 Å². The van der Waals surface area contributed by atoms with Gasteiger partial charge in [0.2, 0.25) is 0 Å². The molecule has 0 fully saturated rings. The van der Waals surface area contributed by atoms with Crippen LogP contribution in [0.1, 0.15) is 28.4 Å². The van der Waals surface area contributed by atoms with Gasteiger partial charge in [-0.1, -0.05) is 18.2 Å². The van der Waals surface area contributed by atoms with Crippen LogP contribution >= 0.6 is 0 Å². The third kappa shape index (κ3) is 1.95. The smallest absolute Gasteiger partial charge is 0.179 e. The lowest BCUT2D eigenvalue weighted by Crippen LogP contribution is -2.27. The molecule has 1 aromatic carbocycles. The van der Waals surface area contributed by atoms with Crippen LogP contribution in [0, 0.1) is 13.8 Å². The average molecular weight is 177 g/mol. The molecule has 0 aliphatic rings. The van der Waals surface area contributed by atoms with Gasteiger partial charge in [-0.25, -0.2) is 0 Å². The van der Waals surface area contributed by atoms with Crippen LogP contribution < -0.4 is 5.73 Å². The molecule has 1 atom stereocenters. The molecule has 1 aromatic rings. The maximum absolute atomic E-state index is 11.6. The molecular formula is C11H15NO. The number of aryl methyl sites for hydroxylation is 1. The molecule has 1 rings (SSSR count). The second-order valence-corrected chi connectivity index (χ2v) is 3.40. The second kappa shape index (κ2) is 3.71. The van der Waals surface area contributed by atoms with Crippen LogP contribution in [-0.2, 0) is 0 Å². The monoisotopic (exact) mass is 177 g/mol. The topological polar surface area (TPSA) is 43.1 Å². The van der Waals surface area contributed by atoms with Gasteiger partial charge in [-0.15, -0.1) is 0 Å². The molecule has 2 heteroatoms. The molecule has 70 valence electrons. The molecule has 0 bridgehead atoms. The summed E-state index contributed by atoms with van der Waals surface area (Å²) in [6, 6.07) is 5.29. The van der Waals surface area contributed by atoms with Crippen LogP contribution in [-0.4, -0.2) is 11.8 Å². The van der Waals surface area contributed by atoms with Crippen molar-refractivity contribution < 1.29 is 4.79 Å². The van der Waals surface area contributed by atoms with Crippen LogP contribution in [0.2, 0.25) is 0 Å². The van der Waals surface area contributed by atoms with Crippen LogP contribution in [0.4, 0.5) is 0 Å². The number of carbonyl (C=O) groups is 1. The van der Waals surface area contributed by atoms with Gasteiger partial charge in [0, 0.05) is 5.56 Å². The van der Waals surface area contributed by atoms with E-state index in [1.165, 1.54) is 0 Å². The Balaban J connectivity index is 3.15. The Morgan fingerprint density at radius 1 is 1.38 bits per heavy atom. The summed E-state index contributed by atoms with van der Waals surface area (Å²) in [6.07, 6.45) is 0. The zero-order valence-electron chi connectivity index (χ0n) is 8.29. The van der Waals surface area contributed by atoms with Gasteiger partial charge in [0.15, 0.2) is 5.78 Å². The molecule has 0 amide bonds. The Bertz CT molecular complexity index is 329. The Morgan fingerprint density at radius 2 is 2.00 bits per heavy atom. The van der Waals surface area contributed by atoms with E-state index in [9.17, 15) is 4.79 Å². The lowest BCUT2D eigenvalue weighted by atomic mass is 9.97. The third-order valence-electron chi connectivity index (χ3n) is 2.28. The minimum Gasteiger partial charge on any atom is -0.321 e. The van der Waals surface area contributed by atoms with Crippen molar-refractivity contribution in [2.24, 2.45) is 5.73 Å². The number of nitrogens with two attached hydrogens (primary N) is 1. The first kappa shape index (κ1) is 9.93. The minimum absolute atomic E-state index is 0.0150. The molecule has 0 saturated heterocycles. The number of benzene rings is 1. The highest BCUT2D eigenvalue weighted by Gasteiger charge is 2.13. The highest BCUT2D eigenvalue weighted by Crippen LogP contribution is 2.13. The van der Waals surface area contributed by atoms with E-state index in [1.807, 2.05) is 32.0 Å². The summed E-state index contributed by atoms with van der Waals surface area (Å²) in [6.45, 7) is 5.66. The summed E-state index contributed by atoms with van der Waals surface area (Å²) in [7, 11) is 0. The van der Waals surface area contributed by atoms with Gasteiger partial charge in [0.05, 0.1) is 6.04 Å². The largest absolute Gasteiger partial charge is 0.321 e. The molecule has 0 aliphatic carbocycles. The SMILES string of the molecule is Cc1cccc(C(=O)C(C)N)c1C. The predicted molar refractivity (Wildman–Crippen MR) is 53.9 cm³/mol. The number of rotatable bonds is 2. The fourth-order valence-electron chi connectivity index (χ4n) is 1.26. The summed E-state index contributed by atoms with van der Waals surface area (Å²) in [5.41, 5.74) is 8.45. The fourth-order valence-corrected chi connectivity index (χ4v) is 1.26. The maximum Gasteiger partial charge on any atom is 0.179 e. The molecule has 0 spiro atoms. The van der Waals surface area contributed by atoms with Gasteiger partial charge in [0.1, 0.15) is 0 Å². The average Bonchev–Trinajstić information content (AvgIpc) is 2.08. The first-order valence-electron chi connectivity index (χ1n) is 4.40. The quantitative estimate of drug-likeness (QED) is 0.700. The standard InChI is InChI=1S/C11H15NO/c1-7-5-4-6-10(8(7)2)11(13)9(3)12/h4-6,9H,12H2,1-3H3. The maximum atomic E-state index is 11.6. The van der Waals surface area contributed by atoms with Crippen LogP contribution in [0.15, 0.2) is 18.2 Å². The third-order valence-corrected chi connectivity index (χ3v) is 2.28. The van der Waals surface area contributed by atoms with E-state index < -0.39 is 6.04 Å². The fraction of sp³-hybridized carbons (Fsp3) is 0.364. The van der Waals surface area contributed by atoms with E-state index in [1.54, 1.807) is 6.92 Å². The van der Waals surface area contributed by atoms with Gasteiger partial charge in [0.25, 0.3) is 0 Å². The van der Waals surface area contributed by atoms with Crippen molar-refractivity contribution in [1.29, 1.82) is 0 Å². The summed E-state index contributed by atoms with van der Waals surface area (Å²) >= 11 is 0. The summed E-state index contributed by atoms with van der Waals surface area (Å²) in [4.78, 5) is 11.6. The van der Waals surface area contributed by atoms with Crippen molar-refractivity contribution in [3.63, 3.8) is 0 Å². The number of hydrogen-bond acceptors (Lipinski definition) is 2. The summed E-state index contributed by atoms with van der Waals surface area (Å²) in [5.74, 6) is 0.0150. The first-order valence-corrected chi connectivity index (χ1v) is 4.40. The molecule has 0 radical (unpaired) electrons. The Kier molecular flexibility index (Phi) is 2.83. The molecule has 0 aliphatic heterocycles. The van der Waals surface area contributed by atoms with Crippen molar-refractivity contribution in [2.45, 2.75) is 26.8 Å². The zero-order chi connectivity index (χ0) is 10.0. The molecule has 0 heterocycles. The number of Topliss-reactive ketones (excluding diaryl/α,β-unsaturated/α-hetero) is 1. The molecule has 0 aromatic heterocycles. The van der Waals surface area contributed by atoms with Gasteiger partial charge in [-0.3, -0.25) is 4.79 Å². The first-order chi connectivity index (χ1) is 6.04. The van der Waals surface area contributed by atoms with Crippen LogP contribution in [0.3, 0.4) is 0 Å². The van der Waals surface area contributed by atoms with E-state index in [4.69, 9.17) is 5.73 Å². The predicted octanol–water partition coefficient (Wildman–Crippen LogP) is 1.83. The lowest BCUT2D eigenvalue weighted by molar-refractivity contribution is 0.0967. The number of ketones is 1. The van der Waals surface area contributed by atoms with Crippen molar-refractivity contribution in [1.82, 2.24) is 0 Å². The Morgan fingerprint density at radius 3 is 2.54 bits per heavy atom. The molecule has 13 heavy (non-hydrogen) atoms. The summed E-state index contributed by atoms with van der Waals surface area (Å²) in [5, 5.41) is 0. The molecule has 0 saturated carbocycles. The van der Waals surface area contributed by atoms with Crippen LogP contribution in [0.5, 0.6) is 0 Å². The molecule has 1 unspecified atom stereocenters. The van der Waals surface area contributed by atoms with Gasteiger partial charge >= 0.3 is 0 Å². The van der Waals surface area contributed by atoms with Gasteiger partial charge in [-0.2, -0.15) is 0 Å². The Labute approximate surface area is 78.8 Å². The minimum atomic E-state index is -0.416. The number of carbonyl (C=O) groups excluding carboxylic acids is 1. The van der Waals surface area contributed by atoms with Crippen molar-refractivity contribution in [3.05, 3.63) is 34.9 Å². The van der Waals surface area contributed by atoms with E-state index in [0.29, 0.717) is 0 Å². The van der Waals surface area contributed by atoms with Crippen LogP contribution in [0.25, 0.3) is 0 Å². The van der Waals surface area contributed by atoms with E-state index in [-0.39, 0.29) is 5.78 Å². The van der Waals surface area contributed by atoms with Crippen molar-refractivity contribution in [2.75, 3.05) is 0 Å².